The lowest BCUT2D eigenvalue weighted by molar-refractivity contribution is -0.136. The number of aromatic nitrogens is 8. The number of aromatic amines is 4. The molecule has 28 nitrogen and oxygen atoms in total. The van der Waals surface area contributed by atoms with E-state index in [1.807, 2.05) is 0 Å². The summed E-state index contributed by atoms with van der Waals surface area (Å²) in [4.78, 5) is 142. The molecule has 7 atom stereocenters. The highest BCUT2D eigenvalue weighted by Crippen LogP contribution is 2.13. The first-order valence-corrected chi connectivity index (χ1v) is 27.9. The molecule has 4 heterocycles. The maximum Gasteiger partial charge on any atom is 0.245 e. The smallest absolute Gasteiger partial charge is 0.245 e. The molecule has 4 aromatic heterocycles. The molecule has 29 heteroatoms. The van der Waals surface area contributed by atoms with Crippen LogP contribution in [0.4, 0.5) is 0 Å². The van der Waals surface area contributed by atoms with Crippen LogP contribution in [0.5, 0.6) is 0 Å². The van der Waals surface area contributed by atoms with Gasteiger partial charge in [-0.05, 0) is 37.7 Å². The molecule has 0 spiro atoms. The first kappa shape index (κ1) is 63.7. The Morgan fingerprint density at radius 2 is 0.873 bits per heavy atom. The van der Waals surface area contributed by atoms with Crippen molar-refractivity contribution in [3.63, 3.8) is 0 Å². The molecular formula is C50H79N19O9S. The normalized spacial score (nSPS) is 13.8. The fraction of sp³-hybridized carbons (Fsp3) is 0.580. The van der Waals surface area contributed by atoms with E-state index >= 15 is 0 Å². The molecule has 0 aliphatic carbocycles. The number of nitrogens with zero attached hydrogens (tertiary/aromatic N) is 5. The number of guanidine groups is 1. The molecule has 0 bridgehead atoms. The van der Waals surface area contributed by atoms with Crippen LogP contribution < -0.4 is 54.4 Å². The maximum atomic E-state index is 14.5. The number of imidazole rings is 4. The second kappa shape index (κ2) is 35.6. The van der Waals surface area contributed by atoms with Gasteiger partial charge in [0.05, 0.1) is 31.9 Å². The fourth-order valence-electron chi connectivity index (χ4n) is 8.28. The average molecular weight is 1120 g/mol. The van der Waals surface area contributed by atoms with Gasteiger partial charge in [-0.15, -0.1) is 0 Å². The van der Waals surface area contributed by atoms with E-state index in [1.54, 1.807) is 6.26 Å². The van der Waals surface area contributed by atoms with Crippen LogP contribution in [-0.2, 0) is 64.0 Å². The van der Waals surface area contributed by atoms with Gasteiger partial charge < -0.3 is 79.5 Å². The number of hydrogen-bond acceptors (Lipinski definition) is 15. The van der Waals surface area contributed by atoms with Crippen LogP contribution in [0.15, 0.2) is 55.1 Å². The minimum atomic E-state index is -1.57. The van der Waals surface area contributed by atoms with Crippen LogP contribution >= 0.6 is 11.8 Å². The number of aliphatic hydroxyl groups excluding tert-OH is 1. The van der Waals surface area contributed by atoms with E-state index in [0.717, 1.165) is 25.7 Å². The summed E-state index contributed by atoms with van der Waals surface area (Å²) in [5.74, 6) is -6.05. The number of H-pyrrole nitrogens is 4. The van der Waals surface area contributed by atoms with Crippen LogP contribution in [-0.4, -0.2) is 166 Å². The topological polar surface area (TPSA) is 446 Å². The summed E-state index contributed by atoms with van der Waals surface area (Å²) in [6.07, 6.45) is 22.7. The molecule has 0 radical (unpaired) electrons. The maximum absolute atomic E-state index is 14.5. The second-order valence-corrected chi connectivity index (χ2v) is 20.0. The van der Waals surface area contributed by atoms with E-state index in [1.165, 1.54) is 87.5 Å². The molecule has 4 aromatic rings. The summed E-state index contributed by atoms with van der Waals surface area (Å²) in [7, 11) is 0. The molecule has 79 heavy (non-hydrogen) atoms. The van der Waals surface area contributed by atoms with Crippen LogP contribution in [0.3, 0.4) is 0 Å². The summed E-state index contributed by atoms with van der Waals surface area (Å²) in [6.45, 7) is 1.38. The number of thioether (sulfide) groups is 1. The highest BCUT2D eigenvalue weighted by molar-refractivity contribution is 7.98. The molecule has 434 valence electrons. The number of hydrogen-bond donors (Lipinski definition) is 15. The van der Waals surface area contributed by atoms with Crippen molar-refractivity contribution in [2.24, 2.45) is 22.2 Å². The van der Waals surface area contributed by atoms with Crippen molar-refractivity contribution >= 4 is 65.0 Å². The highest BCUT2D eigenvalue weighted by Gasteiger charge is 2.35. The molecule has 18 N–H and O–H groups in total. The van der Waals surface area contributed by atoms with E-state index in [2.05, 4.69) is 89.0 Å². The second-order valence-electron chi connectivity index (χ2n) is 19.0. The number of carbonyl (C=O) groups excluding carboxylic acids is 8. The molecule has 0 saturated heterocycles. The standard InChI is InChI=1S/C50H79N19O9S/c1-3-4-5-6-7-8-9-10-11-14-42(71)63-38(19-32-23-55-28-60-32)46(75)69-41(26-70)49(78)65-36(15-17-79-2)45(74)67-40(21-34-25-57-30-62-34)48(77)68-39(20-33-24-56-29-61-33)47(76)64-35(13-12-16-58-50(52)53)44(73)66-37(43(51)72)18-31-22-54-27-59-31/h22-25,27-30,35-41,70H,3-21,26H2,1-2H3,(H2,51,72)(H,54,59)(H,55,60)(H,56,61)(H,57,62)(H,63,71)(H,64,76)(H,65,78)(H,66,73)(H,67,74)(H,68,77)(H,69,75)(H4,52,53,58)/t35-,36-,37-,38-,39-,40-,41-/m0/s1. The largest absolute Gasteiger partial charge is 0.394 e. The van der Waals surface area contributed by atoms with E-state index in [4.69, 9.17) is 17.2 Å². The molecule has 0 aromatic carbocycles. The third-order valence-corrected chi connectivity index (χ3v) is 13.3. The van der Waals surface area contributed by atoms with Crippen molar-refractivity contribution in [2.45, 2.75) is 158 Å². The number of rotatable bonds is 40. The molecular weight excluding hydrogens is 1040 g/mol. The Balaban J connectivity index is 1.50. The minimum Gasteiger partial charge on any atom is -0.394 e. The fourth-order valence-corrected chi connectivity index (χ4v) is 8.75. The Kier molecular flexibility index (Phi) is 28.7. The number of aliphatic imine (C=N–C) groups is 1. The molecule has 0 saturated carbocycles. The third kappa shape index (κ3) is 24.2. The number of nitrogens with two attached hydrogens (primary N) is 3. The Hall–Kier alpha value is -7.82. The third-order valence-electron chi connectivity index (χ3n) is 12.6. The molecule has 0 unspecified atom stereocenters. The zero-order chi connectivity index (χ0) is 57.4. The SMILES string of the molecule is CCCCCCCCCCCC(=O)N[C@@H](Cc1cnc[nH]1)C(=O)N[C@@H](CO)C(=O)N[C@@H](CCSC)C(=O)N[C@@H](Cc1cnc[nH]1)C(=O)N[C@@H](Cc1cnc[nH]1)C(=O)N[C@@H](CCCN=C(N)N)C(=O)N[C@@H](Cc1cnc[nH]1)C(N)=O. The van der Waals surface area contributed by atoms with Crippen LogP contribution in [0, 0.1) is 0 Å². The van der Waals surface area contributed by atoms with Gasteiger partial charge in [0.1, 0.15) is 42.3 Å². The van der Waals surface area contributed by atoms with Gasteiger partial charge in [-0.2, -0.15) is 11.8 Å². The predicted octanol–water partition coefficient (Wildman–Crippen LogP) is -1.55. The van der Waals surface area contributed by atoms with E-state index in [9.17, 15) is 43.5 Å². The van der Waals surface area contributed by atoms with Crippen molar-refractivity contribution < 1.29 is 43.5 Å². The average Bonchev–Trinajstić information content (AvgIpc) is 4.31. The summed E-state index contributed by atoms with van der Waals surface area (Å²) in [5.41, 5.74) is 18.5. The van der Waals surface area contributed by atoms with Gasteiger partial charge in [0, 0.05) is 86.2 Å². The summed E-state index contributed by atoms with van der Waals surface area (Å²) >= 11 is 1.37. The summed E-state index contributed by atoms with van der Waals surface area (Å²) < 4.78 is 0. The lowest BCUT2D eigenvalue weighted by Gasteiger charge is -2.27. The van der Waals surface area contributed by atoms with Crippen LogP contribution in [0.1, 0.15) is 113 Å². The number of primary amides is 1. The number of carbonyl (C=O) groups is 8. The quantitative estimate of drug-likeness (QED) is 0.0136. The van der Waals surface area contributed by atoms with Gasteiger partial charge in [0.2, 0.25) is 47.3 Å². The number of unbranched alkanes of at least 4 members (excludes halogenated alkanes) is 8. The number of nitrogens with one attached hydrogen (secondary N) is 11. The Bertz CT molecular complexity index is 2470. The van der Waals surface area contributed by atoms with Crippen LogP contribution in [0.25, 0.3) is 0 Å². The Labute approximate surface area is 462 Å². The van der Waals surface area contributed by atoms with Gasteiger partial charge in [-0.1, -0.05) is 58.3 Å². The predicted molar refractivity (Wildman–Crippen MR) is 294 cm³/mol. The van der Waals surface area contributed by atoms with Crippen molar-refractivity contribution in [2.75, 3.05) is 25.2 Å². The van der Waals surface area contributed by atoms with Crippen molar-refractivity contribution in [1.29, 1.82) is 0 Å². The van der Waals surface area contributed by atoms with Crippen molar-refractivity contribution in [1.82, 2.24) is 77.1 Å². The zero-order valence-corrected chi connectivity index (χ0v) is 45.7. The minimum absolute atomic E-state index is 0.000666. The molecule has 4 rings (SSSR count). The lowest BCUT2D eigenvalue weighted by Crippen LogP contribution is -2.61. The Morgan fingerprint density at radius 1 is 0.506 bits per heavy atom. The molecule has 0 fully saturated rings. The van der Waals surface area contributed by atoms with Gasteiger partial charge in [0.15, 0.2) is 5.96 Å². The molecule has 8 amide bonds. The first-order chi connectivity index (χ1) is 38.1. The van der Waals surface area contributed by atoms with Gasteiger partial charge in [0.25, 0.3) is 0 Å². The Morgan fingerprint density at radius 3 is 1.28 bits per heavy atom. The van der Waals surface area contributed by atoms with E-state index in [0.29, 0.717) is 34.9 Å². The van der Waals surface area contributed by atoms with E-state index in [-0.39, 0.29) is 69.8 Å². The number of aliphatic hydroxyl groups is 1. The number of amides is 8. The first-order valence-electron chi connectivity index (χ1n) is 26.6. The lowest BCUT2D eigenvalue weighted by atomic mass is 10.0. The van der Waals surface area contributed by atoms with Crippen molar-refractivity contribution in [3.8, 4) is 0 Å². The molecule has 0 aliphatic rings. The van der Waals surface area contributed by atoms with E-state index < -0.39 is 90.3 Å². The van der Waals surface area contributed by atoms with Gasteiger partial charge >= 0.3 is 0 Å². The summed E-state index contributed by atoms with van der Waals surface area (Å²) in [6, 6.07) is -9.41. The van der Waals surface area contributed by atoms with Crippen LogP contribution in [0.2, 0.25) is 0 Å². The monoisotopic (exact) mass is 1120 g/mol. The van der Waals surface area contributed by atoms with Gasteiger partial charge in [-0.3, -0.25) is 43.3 Å². The van der Waals surface area contributed by atoms with Crippen molar-refractivity contribution in [3.05, 3.63) is 72.9 Å². The zero-order valence-electron chi connectivity index (χ0n) is 44.9. The summed E-state index contributed by atoms with van der Waals surface area (Å²) in [5, 5.41) is 29.0. The highest BCUT2D eigenvalue weighted by atomic mass is 32.2. The molecule has 0 aliphatic heterocycles. The van der Waals surface area contributed by atoms with Gasteiger partial charge in [-0.25, -0.2) is 19.9 Å².